The number of aliphatic hydroxyl groups is 1. The van der Waals surface area contributed by atoms with Gasteiger partial charge in [-0.25, -0.2) is 0 Å². The zero-order valence-corrected chi connectivity index (χ0v) is 13.5. The molecule has 0 aliphatic heterocycles. The summed E-state index contributed by atoms with van der Waals surface area (Å²) in [5, 5.41) is 12.5. The summed E-state index contributed by atoms with van der Waals surface area (Å²) in [5.41, 5.74) is 0.809. The largest absolute Gasteiger partial charge is 0.396 e. The smallest absolute Gasteiger partial charge is 0.224 e. The Hall–Kier alpha value is -0.580. The first-order valence-corrected chi connectivity index (χ1v) is 7.33. The van der Waals surface area contributed by atoms with Gasteiger partial charge in [0.15, 0.2) is 0 Å². The van der Waals surface area contributed by atoms with E-state index in [4.69, 9.17) is 16.7 Å². The number of hydrogen-bond donors (Lipinski definition) is 2. The van der Waals surface area contributed by atoms with Gasteiger partial charge in [-0.05, 0) is 29.5 Å². The Bertz CT molecular complexity index is 449. The van der Waals surface area contributed by atoms with Crippen LogP contribution >= 0.6 is 27.5 Å². The van der Waals surface area contributed by atoms with Crippen LogP contribution in [0.25, 0.3) is 0 Å². The number of hydrogen-bond acceptors (Lipinski definition) is 2. The van der Waals surface area contributed by atoms with Crippen molar-refractivity contribution in [3.63, 3.8) is 0 Å². The van der Waals surface area contributed by atoms with Crippen molar-refractivity contribution in [2.24, 2.45) is 5.41 Å². The quantitative estimate of drug-likeness (QED) is 0.829. The molecule has 1 rings (SSSR count). The van der Waals surface area contributed by atoms with Gasteiger partial charge < -0.3 is 10.4 Å². The minimum Gasteiger partial charge on any atom is -0.396 e. The van der Waals surface area contributed by atoms with Crippen LogP contribution < -0.4 is 5.32 Å². The Morgan fingerprint density at radius 2 is 2.16 bits per heavy atom. The van der Waals surface area contributed by atoms with Gasteiger partial charge in [0.2, 0.25) is 5.91 Å². The number of halogens is 2. The van der Waals surface area contributed by atoms with Crippen LogP contribution in [0.5, 0.6) is 0 Å². The molecular weight excluding hydrogens is 330 g/mol. The maximum absolute atomic E-state index is 11.9. The van der Waals surface area contributed by atoms with E-state index in [1.54, 1.807) is 12.1 Å². The van der Waals surface area contributed by atoms with E-state index in [0.29, 0.717) is 24.4 Å². The van der Waals surface area contributed by atoms with Gasteiger partial charge in [0, 0.05) is 22.6 Å². The molecule has 0 unspecified atom stereocenters. The van der Waals surface area contributed by atoms with Gasteiger partial charge in [-0.15, -0.1) is 0 Å². The van der Waals surface area contributed by atoms with Crippen molar-refractivity contribution in [3.8, 4) is 0 Å². The third-order valence-corrected chi connectivity index (χ3v) is 3.89. The number of rotatable bonds is 6. The lowest BCUT2D eigenvalue weighted by atomic mass is 9.89. The lowest BCUT2D eigenvalue weighted by Crippen LogP contribution is -2.35. The normalized spacial score (nSPS) is 11.4. The highest BCUT2D eigenvalue weighted by Gasteiger charge is 2.18. The number of amides is 1. The lowest BCUT2D eigenvalue weighted by Gasteiger charge is -2.23. The molecule has 0 heterocycles. The molecule has 0 bridgehead atoms. The summed E-state index contributed by atoms with van der Waals surface area (Å²) >= 11 is 9.25. The molecule has 0 aliphatic rings. The first-order valence-electron chi connectivity index (χ1n) is 6.15. The van der Waals surface area contributed by atoms with Gasteiger partial charge in [0.05, 0.1) is 6.42 Å². The van der Waals surface area contributed by atoms with Gasteiger partial charge in [-0.1, -0.05) is 47.4 Å². The van der Waals surface area contributed by atoms with Crippen LogP contribution in [0.2, 0.25) is 5.02 Å². The van der Waals surface area contributed by atoms with E-state index in [2.05, 4.69) is 21.2 Å². The molecule has 0 aromatic heterocycles. The molecule has 106 valence electrons. The van der Waals surface area contributed by atoms with Gasteiger partial charge >= 0.3 is 0 Å². The Morgan fingerprint density at radius 1 is 1.47 bits per heavy atom. The third-order valence-electron chi connectivity index (χ3n) is 2.92. The van der Waals surface area contributed by atoms with Gasteiger partial charge in [0.25, 0.3) is 0 Å². The van der Waals surface area contributed by atoms with Crippen molar-refractivity contribution in [1.29, 1.82) is 0 Å². The zero-order valence-electron chi connectivity index (χ0n) is 11.2. The summed E-state index contributed by atoms with van der Waals surface area (Å²) in [5.74, 6) is -0.0333. The van der Waals surface area contributed by atoms with E-state index >= 15 is 0 Å². The number of benzene rings is 1. The molecule has 0 spiro atoms. The molecule has 1 aromatic carbocycles. The van der Waals surface area contributed by atoms with Crippen LogP contribution in [-0.4, -0.2) is 24.2 Å². The van der Waals surface area contributed by atoms with E-state index in [1.165, 1.54) is 0 Å². The molecule has 1 amide bonds. The van der Waals surface area contributed by atoms with Crippen molar-refractivity contribution in [1.82, 2.24) is 5.32 Å². The lowest BCUT2D eigenvalue weighted by molar-refractivity contribution is -0.120. The SMILES string of the molecule is CC(C)(CCO)CNC(=O)Cc1ccc(Cl)cc1Br. The molecule has 0 radical (unpaired) electrons. The molecule has 2 N–H and O–H groups in total. The Kier molecular flexibility index (Phi) is 6.30. The molecule has 1 aromatic rings. The summed E-state index contributed by atoms with van der Waals surface area (Å²) in [4.78, 5) is 11.9. The van der Waals surface area contributed by atoms with Crippen LogP contribution in [0.4, 0.5) is 0 Å². The molecule has 0 fully saturated rings. The first kappa shape index (κ1) is 16.5. The molecule has 0 aliphatic carbocycles. The Morgan fingerprint density at radius 3 is 2.74 bits per heavy atom. The monoisotopic (exact) mass is 347 g/mol. The van der Waals surface area contributed by atoms with Crippen molar-refractivity contribution in [3.05, 3.63) is 33.3 Å². The van der Waals surface area contributed by atoms with E-state index in [9.17, 15) is 4.79 Å². The number of carbonyl (C=O) groups excluding carboxylic acids is 1. The van der Waals surface area contributed by atoms with E-state index in [-0.39, 0.29) is 17.9 Å². The summed E-state index contributed by atoms with van der Waals surface area (Å²) < 4.78 is 0.838. The van der Waals surface area contributed by atoms with Gasteiger partial charge in [-0.2, -0.15) is 0 Å². The fraction of sp³-hybridized carbons (Fsp3) is 0.500. The number of aliphatic hydroxyl groups excluding tert-OH is 1. The minimum atomic E-state index is -0.0956. The van der Waals surface area contributed by atoms with Crippen LogP contribution in [0.3, 0.4) is 0 Å². The van der Waals surface area contributed by atoms with Crippen LogP contribution in [-0.2, 0) is 11.2 Å². The van der Waals surface area contributed by atoms with Crippen LogP contribution in [0.1, 0.15) is 25.8 Å². The maximum Gasteiger partial charge on any atom is 0.224 e. The van der Waals surface area contributed by atoms with Crippen molar-refractivity contribution in [2.45, 2.75) is 26.7 Å². The second-order valence-corrected chi connectivity index (χ2v) is 6.62. The van der Waals surface area contributed by atoms with E-state index in [0.717, 1.165) is 10.0 Å². The number of carbonyl (C=O) groups is 1. The van der Waals surface area contributed by atoms with Crippen molar-refractivity contribution < 1.29 is 9.90 Å². The molecule has 0 saturated carbocycles. The summed E-state index contributed by atoms with van der Waals surface area (Å²) in [6, 6.07) is 5.38. The second kappa shape index (κ2) is 7.27. The highest BCUT2D eigenvalue weighted by molar-refractivity contribution is 9.10. The van der Waals surface area contributed by atoms with Crippen LogP contribution in [0, 0.1) is 5.41 Å². The molecule has 3 nitrogen and oxygen atoms in total. The van der Waals surface area contributed by atoms with Gasteiger partial charge in [-0.3, -0.25) is 4.79 Å². The summed E-state index contributed by atoms with van der Waals surface area (Å²) in [6.07, 6.45) is 0.977. The fourth-order valence-electron chi connectivity index (χ4n) is 1.63. The van der Waals surface area contributed by atoms with Crippen LogP contribution in [0.15, 0.2) is 22.7 Å². The minimum absolute atomic E-state index is 0.0333. The average molecular weight is 349 g/mol. The predicted octanol–water partition coefficient (Wildman–Crippen LogP) is 3.17. The van der Waals surface area contributed by atoms with E-state index in [1.807, 2.05) is 19.9 Å². The zero-order chi connectivity index (χ0) is 14.5. The Labute approximate surface area is 127 Å². The third kappa shape index (κ3) is 5.93. The molecule has 0 atom stereocenters. The molecule has 5 heteroatoms. The fourth-order valence-corrected chi connectivity index (χ4v) is 2.45. The second-order valence-electron chi connectivity index (χ2n) is 5.33. The maximum atomic E-state index is 11.9. The van der Waals surface area contributed by atoms with Gasteiger partial charge in [0.1, 0.15) is 0 Å². The molecule has 19 heavy (non-hydrogen) atoms. The topological polar surface area (TPSA) is 49.3 Å². The summed E-state index contributed by atoms with van der Waals surface area (Å²) in [7, 11) is 0. The van der Waals surface area contributed by atoms with Crippen molar-refractivity contribution in [2.75, 3.05) is 13.2 Å². The highest BCUT2D eigenvalue weighted by atomic mass is 79.9. The first-order chi connectivity index (χ1) is 8.84. The average Bonchev–Trinajstić information content (AvgIpc) is 2.30. The standard InChI is InChI=1S/C14H19BrClNO2/c1-14(2,5-6-18)9-17-13(19)7-10-3-4-11(16)8-12(10)15/h3-4,8,18H,5-7,9H2,1-2H3,(H,17,19). The Balaban J connectivity index is 2.52. The summed E-state index contributed by atoms with van der Waals surface area (Å²) in [6.45, 7) is 4.71. The molecular formula is C14H19BrClNO2. The number of nitrogens with one attached hydrogen (secondary N) is 1. The predicted molar refractivity (Wildman–Crippen MR) is 81.3 cm³/mol. The molecule has 0 saturated heterocycles. The highest BCUT2D eigenvalue weighted by Crippen LogP contribution is 2.22. The van der Waals surface area contributed by atoms with Crippen molar-refractivity contribution >= 4 is 33.4 Å². The van der Waals surface area contributed by atoms with E-state index < -0.39 is 0 Å².